The molecule has 0 bridgehead atoms. The Kier molecular flexibility index (Phi) is 6.00. The molecule has 0 aromatic carbocycles. The van der Waals surface area contributed by atoms with Gasteiger partial charge in [0.1, 0.15) is 5.15 Å². The summed E-state index contributed by atoms with van der Waals surface area (Å²) in [5.41, 5.74) is 1.50. The van der Waals surface area contributed by atoms with Crippen molar-refractivity contribution in [3.63, 3.8) is 0 Å². The third-order valence-corrected chi connectivity index (χ3v) is 3.93. The van der Waals surface area contributed by atoms with Crippen molar-refractivity contribution in [2.75, 3.05) is 26.8 Å². The molecule has 0 spiro atoms. The number of aryl methyl sites for hydroxylation is 1. The van der Waals surface area contributed by atoms with Crippen LogP contribution >= 0.6 is 11.6 Å². The lowest BCUT2D eigenvalue weighted by molar-refractivity contribution is 0.0388. The molecule has 1 aromatic heterocycles. The van der Waals surface area contributed by atoms with Gasteiger partial charge in [-0.2, -0.15) is 0 Å². The second-order valence-electron chi connectivity index (χ2n) is 5.69. The van der Waals surface area contributed by atoms with E-state index in [0.29, 0.717) is 16.6 Å². The van der Waals surface area contributed by atoms with Crippen molar-refractivity contribution in [3.05, 3.63) is 28.5 Å². The van der Waals surface area contributed by atoms with Gasteiger partial charge in [-0.3, -0.25) is 4.79 Å². The van der Waals surface area contributed by atoms with E-state index >= 15 is 0 Å². The first-order valence-electron chi connectivity index (χ1n) is 7.59. The Bertz CT molecular complexity index is 487. The zero-order valence-corrected chi connectivity index (χ0v) is 13.5. The number of hydrogen-bond donors (Lipinski definition) is 0. The van der Waals surface area contributed by atoms with Crippen molar-refractivity contribution in [1.82, 2.24) is 9.88 Å². The van der Waals surface area contributed by atoms with Gasteiger partial charge in [-0.15, -0.1) is 0 Å². The second kappa shape index (κ2) is 7.76. The topological polar surface area (TPSA) is 42.4 Å². The van der Waals surface area contributed by atoms with Crippen LogP contribution in [0, 0.1) is 5.92 Å². The molecule has 1 unspecified atom stereocenters. The van der Waals surface area contributed by atoms with Gasteiger partial charge in [0, 0.05) is 31.5 Å². The molecule has 21 heavy (non-hydrogen) atoms. The van der Waals surface area contributed by atoms with Crippen molar-refractivity contribution in [3.8, 4) is 0 Å². The maximum absolute atomic E-state index is 12.5. The maximum Gasteiger partial charge on any atom is 0.253 e. The monoisotopic (exact) mass is 310 g/mol. The molecule has 0 radical (unpaired) electrons. The van der Waals surface area contributed by atoms with Crippen LogP contribution in [0.2, 0.25) is 5.15 Å². The standard InChI is InChI=1S/C16H23ClN2O2/c1-3-5-14-8-13(9-15(17)18-14)16(20)19(2)10-12-6-4-7-21-11-12/h8-9,12H,3-7,10-11H2,1-2H3. The molecule has 1 aliphatic heterocycles. The van der Waals surface area contributed by atoms with E-state index in [1.807, 2.05) is 13.1 Å². The Morgan fingerprint density at radius 2 is 2.33 bits per heavy atom. The lowest BCUT2D eigenvalue weighted by Crippen LogP contribution is -2.35. The summed E-state index contributed by atoms with van der Waals surface area (Å²) in [5.74, 6) is 0.433. The first-order chi connectivity index (χ1) is 10.1. The highest BCUT2D eigenvalue weighted by Gasteiger charge is 2.20. The predicted octanol–water partition coefficient (Wildman–Crippen LogP) is 3.19. The molecule has 0 N–H and O–H groups in total. The van der Waals surface area contributed by atoms with Crippen LogP contribution in [0.4, 0.5) is 0 Å². The molecule has 1 fully saturated rings. The first-order valence-corrected chi connectivity index (χ1v) is 7.97. The zero-order chi connectivity index (χ0) is 15.2. The number of pyridine rings is 1. The number of hydrogen-bond acceptors (Lipinski definition) is 3. The minimum Gasteiger partial charge on any atom is -0.381 e. The van der Waals surface area contributed by atoms with Crippen LogP contribution in [0.1, 0.15) is 42.2 Å². The van der Waals surface area contributed by atoms with E-state index in [0.717, 1.165) is 51.1 Å². The lowest BCUT2D eigenvalue weighted by atomic mass is 10.0. The second-order valence-corrected chi connectivity index (χ2v) is 6.08. The summed E-state index contributed by atoms with van der Waals surface area (Å²) in [7, 11) is 1.84. The molecule has 1 aromatic rings. The third-order valence-electron chi connectivity index (χ3n) is 3.73. The van der Waals surface area contributed by atoms with Gasteiger partial charge < -0.3 is 9.64 Å². The van der Waals surface area contributed by atoms with Gasteiger partial charge in [-0.1, -0.05) is 24.9 Å². The number of nitrogens with zero attached hydrogens (tertiary/aromatic N) is 2. The van der Waals surface area contributed by atoms with Crippen molar-refractivity contribution in [2.24, 2.45) is 5.92 Å². The van der Waals surface area contributed by atoms with Gasteiger partial charge in [-0.25, -0.2) is 4.98 Å². The van der Waals surface area contributed by atoms with E-state index < -0.39 is 0 Å². The van der Waals surface area contributed by atoms with E-state index in [2.05, 4.69) is 11.9 Å². The smallest absolute Gasteiger partial charge is 0.253 e. The van der Waals surface area contributed by atoms with Gasteiger partial charge in [0.15, 0.2) is 0 Å². The number of halogens is 1. The lowest BCUT2D eigenvalue weighted by Gasteiger charge is -2.27. The quantitative estimate of drug-likeness (QED) is 0.784. The molecular formula is C16H23ClN2O2. The highest BCUT2D eigenvalue weighted by molar-refractivity contribution is 6.29. The van der Waals surface area contributed by atoms with Crippen LogP contribution in [0.15, 0.2) is 12.1 Å². The van der Waals surface area contributed by atoms with E-state index in [1.54, 1.807) is 11.0 Å². The summed E-state index contributed by atoms with van der Waals surface area (Å²) in [5, 5.41) is 0.388. The first kappa shape index (κ1) is 16.2. The van der Waals surface area contributed by atoms with Crippen molar-refractivity contribution >= 4 is 17.5 Å². The summed E-state index contributed by atoms with van der Waals surface area (Å²) in [4.78, 5) is 18.5. The predicted molar refractivity (Wildman–Crippen MR) is 83.7 cm³/mol. The molecule has 5 heteroatoms. The van der Waals surface area contributed by atoms with Crippen LogP contribution in [-0.2, 0) is 11.2 Å². The molecule has 0 saturated carbocycles. The normalized spacial score (nSPS) is 18.5. The number of aromatic nitrogens is 1. The molecule has 116 valence electrons. The Hall–Kier alpha value is -1.13. The Morgan fingerprint density at radius 1 is 1.52 bits per heavy atom. The molecule has 1 saturated heterocycles. The SMILES string of the molecule is CCCc1cc(C(=O)N(C)CC2CCCOC2)cc(Cl)n1. The van der Waals surface area contributed by atoms with E-state index in [1.165, 1.54) is 0 Å². The van der Waals surface area contributed by atoms with Gasteiger partial charge >= 0.3 is 0 Å². The summed E-state index contributed by atoms with van der Waals surface area (Å²) >= 11 is 6.02. The molecule has 2 rings (SSSR count). The minimum atomic E-state index is 0.00206. The number of carbonyl (C=O) groups is 1. The highest BCUT2D eigenvalue weighted by Crippen LogP contribution is 2.17. The molecule has 2 heterocycles. The van der Waals surface area contributed by atoms with Gasteiger partial charge in [-0.05, 0) is 37.3 Å². The van der Waals surface area contributed by atoms with Gasteiger partial charge in [0.2, 0.25) is 0 Å². The fourth-order valence-electron chi connectivity index (χ4n) is 2.70. The number of rotatable bonds is 5. The maximum atomic E-state index is 12.5. The Morgan fingerprint density at radius 3 is 3.00 bits per heavy atom. The van der Waals surface area contributed by atoms with Crippen molar-refractivity contribution in [1.29, 1.82) is 0 Å². The van der Waals surface area contributed by atoms with E-state index in [4.69, 9.17) is 16.3 Å². The highest BCUT2D eigenvalue weighted by atomic mass is 35.5. The zero-order valence-electron chi connectivity index (χ0n) is 12.8. The molecule has 1 amide bonds. The Labute approximate surface area is 131 Å². The van der Waals surface area contributed by atoms with Crippen LogP contribution in [0.5, 0.6) is 0 Å². The van der Waals surface area contributed by atoms with Crippen molar-refractivity contribution < 1.29 is 9.53 Å². The van der Waals surface area contributed by atoms with Gasteiger partial charge in [0.25, 0.3) is 5.91 Å². The van der Waals surface area contributed by atoms with E-state index in [-0.39, 0.29) is 5.91 Å². The summed E-state index contributed by atoms with van der Waals surface area (Å²) in [6.07, 6.45) is 4.02. The summed E-state index contributed by atoms with van der Waals surface area (Å²) in [6, 6.07) is 3.50. The Balaban J connectivity index is 2.03. The summed E-state index contributed by atoms with van der Waals surface area (Å²) < 4.78 is 5.47. The van der Waals surface area contributed by atoms with Crippen LogP contribution in [-0.4, -0.2) is 42.6 Å². The van der Waals surface area contributed by atoms with Crippen LogP contribution < -0.4 is 0 Å². The van der Waals surface area contributed by atoms with Crippen LogP contribution in [0.25, 0.3) is 0 Å². The minimum absolute atomic E-state index is 0.00206. The average Bonchev–Trinajstić information content (AvgIpc) is 2.47. The molecule has 4 nitrogen and oxygen atoms in total. The number of ether oxygens (including phenoxy) is 1. The molecule has 1 atom stereocenters. The van der Waals surface area contributed by atoms with Crippen LogP contribution in [0.3, 0.4) is 0 Å². The number of amides is 1. The largest absolute Gasteiger partial charge is 0.381 e. The molecule has 0 aliphatic carbocycles. The third kappa shape index (κ3) is 4.68. The van der Waals surface area contributed by atoms with Gasteiger partial charge in [0.05, 0.1) is 6.61 Å². The average molecular weight is 311 g/mol. The molecule has 1 aliphatic rings. The fraction of sp³-hybridized carbons (Fsp3) is 0.625. The van der Waals surface area contributed by atoms with E-state index in [9.17, 15) is 4.79 Å². The van der Waals surface area contributed by atoms with Crippen molar-refractivity contribution in [2.45, 2.75) is 32.6 Å². The summed E-state index contributed by atoms with van der Waals surface area (Å²) in [6.45, 7) is 4.39. The fourth-order valence-corrected chi connectivity index (χ4v) is 2.93. The molecular weight excluding hydrogens is 288 g/mol. The number of carbonyl (C=O) groups excluding carboxylic acids is 1.